The van der Waals surface area contributed by atoms with Gasteiger partial charge in [0.1, 0.15) is 0 Å². The average molecular weight is 407 g/mol. The maximum Gasteiger partial charge on any atom is 0.251 e. The molecule has 2 aromatic carbocycles. The van der Waals surface area contributed by atoms with Gasteiger partial charge in [0.05, 0.1) is 5.56 Å². The zero-order valence-corrected chi connectivity index (χ0v) is 18.0. The second kappa shape index (κ2) is 11.1. The van der Waals surface area contributed by atoms with E-state index in [1.54, 1.807) is 18.2 Å². The Labute approximate surface area is 178 Å². The third-order valence-corrected chi connectivity index (χ3v) is 5.00. The Morgan fingerprint density at radius 3 is 2.33 bits per heavy atom. The van der Waals surface area contributed by atoms with Crippen LogP contribution in [0.5, 0.6) is 0 Å². The van der Waals surface area contributed by atoms with Crippen molar-refractivity contribution < 1.29 is 14.4 Å². The van der Waals surface area contributed by atoms with Gasteiger partial charge in [0.2, 0.25) is 0 Å². The first kappa shape index (κ1) is 23.1. The van der Waals surface area contributed by atoms with Crippen molar-refractivity contribution in [3.8, 4) is 0 Å². The van der Waals surface area contributed by atoms with E-state index in [-0.39, 0.29) is 17.5 Å². The molecule has 2 aromatic rings. The van der Waals surface area contributed by atoms with E-state index in [4.69, 9.17) is 0 Å². The van der Waals surface area contributed by atoms with Gasteiger partial charge in [-0.15, -0.1) is 0 Å². The molecular formula is C25H30N2O3. The summed E-state index contributed by atoms with van der Waals surface area (Å²) in [5, 5.41) is 6.21. The summed E-state index contributed by atoms with van der Waals surface area (Å²) in [5.41, 5.74) is 4.31. The molecule has 0 atom stereocenters. The smallest absolute Gasteiger partial charge is 0.251 e. The Bertz CT molecular complexity index is 947. The molecule has 5 nitrogen and oxygen atoms in total. The Balaban J connectivity index is 1.75. The van der Waals surface area contributed by atoms with Crippen LogP contribution in [0, 0.1) is 6.92 Å². The number of aryl methyl sites for hydroxylation is 1. The van der Waals surface area contributed by atoms with Crippen molar-refractivity contribution in [2.45, 2.75) is 40.0 Å². The summed E-state index contributed by atoms with van der Waals surface area (Å²) in [7, 11) is 0. The lowest BCUT2D eigenvalue weighted by molar-refractivity contribution is 0.0951. The average Bonchev–Trinajstić information content (AvgIpc) is 2.72. The molecule has 158 valence electrons. The summed E-state index contributed by atoms with van der Waals surface area (Å²) in [6.45, 7) is 9.97. The predicted octanol–water partition coefficient (Wildman–Crippen LogP) is 5.06. The van der Waals surface area contributed by atoms with E-state index in [2.05, 4.69) is 17.2 Å². The van der Waals surface area contributed by atoms with Crippen molar-refractivity contribution in [1.29, 1.82) is 0 Å². The summed E-state index contributed by atoms with van der Waals surface area (Å²) < 4.78 is 0. The fraction of sp³-hybridized carbons (Fsp3) is 0.320. The summed E-state index contributed by atoms with van der Waals surface area (Å²) >= 11 is 0. The molecule has 0 bridgehead atoms. The van der Waals surface area contributed by atoms with Crippen molar-refractivity contribution >= 4 is 29.2 Å². The number of hydrogen-bond acceptors (Lipinski definition) is 4. The maximum absolute atomic E-state index is 12.2. The van der Waals surface area contributed by atoms with Gasteiger partial charge in [-0.2, -0.15) is 0 Å². The number of ketones is 2. The zero-order valence-electron chi connectivity index (χ0n) is 18.0. The lowest BCUT2D eigenvalue weighted by atomic mass is 9.99. The topological polar surface area (TPSA) is 75.3 Å². The highest BCUT2D eigenvalue weighted by molar-refractivity contribution is 6.10. The Morgan fingerprint density at radius 1 is 0.967 bits per heavy atom. The number of anilines is 1. The van der Waals surface area contributed by atoms with Crippen molar-refractivity contribution in [2.24, 2.45) is 0 Å². The fourth-order valence-electron chi connectivity index (χ4n) is 3.37. The van der Waals surface area contributed by atoms with E-state index >= 15 is 0 Å². The molecule has 30 heavy (non-hydrogen) atoms. The van der Waals surface area contributed by atoms with Gasteiger partial charge in [0.25, 0.3) is 5.91 Å². The Hall–Kier alpha value is -3.21. The first-order chi connectivity index (χ1) is 14.3. The first-order valence-electron chi connectivity index (χ1n) is 10.2. The number of Topliss-reactive ketones (excluding diaryl/α,β-unsaturated/α-hetero) is 2. The molecule has 0 aliphatic heterocycles. The van der Waals surface area contributed by atoms with Crippen molar-refractivity contribution in [1.82, 2.24) is 5.32 Å². The van der Waals surface area contributed by atoms with Gasteiger partial charge in [-0.3, -0.25) is 14.4 Å². The van der Waals surface area contributed by atoms with Crippen LogP contribution in [-0.2, 0) is 0 Å². The monoisotopic (exact) mass is 406 g/mol. The molecule has 0 heterocycles. The van der Waals surface area contributed by atoms with Crippen LogP contribution < -0.4 is 10.6 Å². The van der Waals surface area contributed by atoms with Crippen LogP contribution in [0.15, 0.2) is 43.0 Å². The van der Waals surface area contributed by atoms with Gasteiger partial charge in [-0.05, 0) is 69.4 Å². The van der Waals surface area contributed by atoms with Crippen molar-refractivity contribution in [3.05, 3.63) is 70.8 Å². The number of hydrogen-bond donors (Lipinski definition) is 2. The minimum absolute atomic E-state index is 0.0704. The van der Waals surface area contributed by atoms with E-state index in [0.717, 1.165) is 30.4 Å². The Kier molecular flexibility index (Phi) is 8.54. The maximum atomic E-state index is 12.2. The van der Waals surface area contributed by atoms with Gasteiger partial charge >= 0.3 is 0 Å². The number of carbonyl (C=O) groups excluding carboxylic acids is 3. The van der Waals surface area contributed by atoms with E-state index in [1.807, 2.05) is 31.2 Å². The molecule has 0 spiro atoms. The largest absolute Gasteiger partial charge is 0.384 e. The molecule has 0 aromatic heterocycles. The highest BCUT2D eigenvalue weighted by Crippen LogP contribution is 2.21. The molecule has 0 radical (unpaired) electrons. The minimum Gasteiger partial charge on any atom is -0.384 e. The molecule has 2 N–H and O–H groups in total. The lowest BCUT2D eigenvalue weighted by Crippen LogP contribution is -2.24. The van der Waals surface area contributed by atoms with Crippen molar-refractivity contribution in [3.63, 3.8) is 0 Å². The summed E-state index contributed by atoms with van der Waals surface area (Å²) in [5.74, 6) is -0.310. The van der Waals surface area contributed by atoms with Crippen LogP contribution in [0.25, 0.3) is 6.08 Å². The SMILES string of the molecule is C=Cc1ccc(C(=O)NCCCCCNc2cccc(C(C)=O)c2C(C)=O)cc1C. The van der Waals surface area contributed by atoms with Crippen LogP contribution in [-0.4, -0.2) is 30.6 Å². The third kappa shape index (κ3) is 6.14. The molecule has 2 rings (SSSR count). The van der Waals surface area contributed by atoms with Gasteiger partial charge in [0.15, 0.2) is 11.6 Å². The third-order valence-electron chi connectivity index (χ3n) is 5.00. The predicted molar refractivity (Wildman–Crippen MR) is 122 cm³/mol. The second-order valence-electron chi connectivity index (χ2n) is 7.36. The van der Waals surface area contributed by atoms with Gasteiger partial charge in [-0.25, -0.2) is 0 Å². The molecule has 0 saturated carbocycles. The van der Waals surface area contributed by atoms with Gasteiger partial charge in [-0.1, -0.05) is 30.9 Å². The summed E-state index contributed by atoms with van der Waals surface area (Å²) in [4.78, 5) is 36.0. The number of carbonyl (C=O) groups is 3. The van der Waals surface area contributed by atoms with Crippen LogP contribution in [0.3, 0.4) is 0 Å². The van der Waals surface area contributed by atoms with Crippen LogP contribution in [0.2, 0.25) is 0 Å². The van der Waals surface area contributed by atoms with Crippen LogP contribution >= 0.6 is 0 Å². The first-order valence-corrected chi connectivity index (χ1v) is 10.2. The number of unbranched alkanes of at least 4 members (excludes halogenated alkanes) is 2. The highest BCUT2D eigenvalue weighted by Gasteiger charge is 2.15. The standard InChI is InChI=1S/C25H30N2O3/c1-5-20-12-13-21(16-17(20)2)25(30)27-15-8-6-7-14-26-23-11-9-10-22(18(3)28)24(23)19(4)29/h5,9-13,16,26H,1,6-8,14-15H2,2-4H3,(H,27,30). The molecule has 5 heteroatoms. The van der Waals surface area contributed by atoms with Gasteiger partial charge < -0.3 is 10.6 Å². The van der Waals surface area contributed by atoms with E-state index in [9.17, 15) is 14.4 Å². The van der Waals surface area contributed by atoms with Crippen LogP contribution in [0.4, 0.5) is 5.69 Å². The molecule has 0 aliphatic carbocycles. The quantitative estimate of drug-likeness (QED) is 0.404. The summed E-state index contributed by atoms with van der Waals surface area (Å²) in [6, 6.07) is 10.9. The summed E-state index contributed by atoms with van der Waals surface area (Å²) in [6.07, 6.45) is 4.47. The second-order valence-corrected chi connectivity index (χ2v) is 7.36. The minimum atomic E-state index is -0.123. The number of benzene rings is 2. The number of rotatable bonds is 11. The highest BCUT2D eigenvalue weighted by atomic mass is 16.1. The molecule has 0 aliphatic rings. The molecule has 1 amide bonds. The van der Waals surface area contributed by atoms with Gasteiger partial charge in [0, 0.05) is 29.9 Å². The van der Waals surface area contributed by atoms with E-state index < -0.39 is 0 Å². The molecule has 0 saturated heterocycles. The Morgan fingerprint density at radius 2 is 1.70 bits per heavy atom. The molecule has 0 unspecified atom stereocenters. The fourth-order valence-corrected chi connectivity index (χ4v) is 3.37. The lowest BCUT2D eigenvalue weighted by Gasteiger charge is -2.13. The number of nitrogens with one attached hydrogen (secondary N) is 2. The van der Waals surface area contributed by atoms with Crippen molar-refractivity contribution in [2.75, 3.05) is 18.4 Å². The van der Waals surface area contributed by atoms with E-state index in [1.165, 1.54) is 13.8 Å². The zero-order chi connectivity index (χ0) is 22.1. The van der Waals surface area contributed by atoms with E-state index in [0.29, 0.717) is 35.5 Å². The van der Waals surface area contributed by atoms with Crippen LogP contribution in [0.1, 0.15) is 75.3 Å². The number of amides is 1. The normalized spacial score (nSPS) is 10.4. The molecule has 0 fully saturated rings. The molecular weight excluding hydrogens is 376 g/mol.